The molecule has 138 valence electrons. The van der Waals surface area contributed by atoms with Crippen LogP contribution in [0.15, 0.2) is 65.7 Å². The quantitative estimate of drug-likeness (QED) is 0.752. The average molecular weight is 381 g/mol. The summed E-state index contributed by atoms with van der Waals surface area (Å²) in [4.78, 5) is 17.1. The van der Waals surface area contributed by atoms with Gasteiger partial charge in [-0.1, -0.05) is 24.3 Å². The molecule has 0 atom stereocenters. The topological polar surface area (TPSA) is 79.4 Å². The lowest BCUT2D eigenvalue weighted by Gasteiger charge is -2.16. The van der Waals surface area contributed by atoms with Crippen LogP contribution >= 0.6 is 0 Å². The molecule has 0 unspecified atom stereocenters. The van der Waals surface area contributed by atoms with Gasteiger partial charge >= 0.3 is 0 Å². The fourth-order valence-corrected chi connectivity index (χ4v) is 4.78. The van der Waals surface area contributed by atoms with Crippen molar-refractivity contribution in [1.82, 2.24) is 9.29 Å². The molecule has 1 fully saturated rings. The largest absolute Gasteiger partial charge is 0.321 e. The molecule has 27 heavy (non-hydrogen) atoms. The molecule has 7 heteroatoms. The zero-order valence-corrected chi connectivity index (χ0v) is 15.4. The number of sulfonamides is 1. The maximum atomic E-state index is 12.7. The van der Waals surface area contributed by atoms with Crippen molar-refractivity contribution in [3.8, 4) is 0 Å². The molecule has 0 bridgehead atoms. The third kappa shape index (κ3) is 3.56. The van der Waals surface area contributed by atoms with E-state index in [1.165, 1.54) is 16.4 Å². The van der Waals surface area contributed by atoms with Crippen LogP contribution in [-0.2, 0) is 10.0 Å². The molecule has 2 heterocycles. The molecule has 1 N–H and O–H groups in total. The van der Waals surface area contributed by atoms with Gasteiger partial charge in [-0.2, -0.15) is 4.31 Å². The van der Waals surface area contributed by atoms with Crippen molar-refractivity contribution < 1.29 is 13.2 Å². The van der Waals surface area contributed by atoms with Gasteiger partial charge in [0.05, 0.1) is 22.3 Å². The highest BCUT2D eigenvalue weighted by atomic mass is 32.2. The first-order valence-corrected chi connectivity index (χ1v) is 10.2. The van der Waals surface area contributed by atoms with Gasteiger partial charge in [-0.05, 0) is 43.2 Å². The lowest BCUT2D eigenvalue weighted by Crippen LogP contribution is -2.28. The summed E-state index contributed by atoms with van der Waals surface area (Å²) >= 11 is 0. The minimum atomic E-state index is -3.56. The highest BCUT2D eigenvalue weighted by Gasteiger charge is 2.27. The van der Waals surface area contributed by atoms with Gasteiger partial charge in [0.15, 0.2) is 0 Å². The normalized spacial score (nSPS) is 15.1. The van der Waals surface area contributed by atoms with Crippen LogP contribution in [0.1, 0.15) is 23.2 Å². The molecule has 0 spiro atoms. The van der Waals surface area contributed by atoms with Crippen molar-refractivity contribution in [1.29, 1.82) is 0 Å². The number of nitrogens with one attached hydrogen (secondary N) is 1. The summed E-state index contributed by atoms with van der Waals surface area (Å²) in [6, 6.07) is 15.6. The number of pyridine rings is 1. The number of benzene rings is 2. The molecule has 0 radical (unpaired) electrons. The summed E-state index contributed by atoms with van der Waals surface area (Å²) in [6.07, 6.45) is 3.33. The Balaban J connectivity index is 1.58. The predicted molar refractivity (Wildman–Crippen MR) is 104 cm³/mol. The van der Waals surface area contributed by atoms with Crippen LogP contribution in [0.4, 0.5) is 5.69 Å². The van der Waals surface area contributed by atoms with E-state index in [4.69, 9.17) is 0 Å². The molecule has 0 saturated carbocycles. The maximum Gasteiger partial charge on any atom is 0.255 e. The van der Waals surface area contributed by atoms with Crippen LogP contribution in [0.2, 0.25) is 0 Å². The molecule has 2 aromatic carbocycles. The fourth-order valence-electron chi connectivity index (χ4n) is 3.22. The van der Waals surface area contributed by atoms with E-state index in [0.29, 0.717) is 24.3 Å². The molecule has 1 aromatic heterocycles. The van der Waals surface area contributed by atoms with E-state index < -0.39 is 10.0 Å². The van der Waals surface area contributed by atoms with Gasteiger partial charge < -0.3 is 5.32 Å². The third-order valence-corrected chi connectivity index (χ3v) is 6.54. The molecule has 1 saturated heterocycles. The summed E-state index contributed by atoms with van der Waals surface area (Å²) in [5, 5.41) is 3.71. The summed E-state index contributed by atoms with van der Waals surface area (Å²) in [5.74, 6) is -0.370. The Morgan fingerprint density at radius 2 is 1.78 bits per heavy atom. The number of rotatable bonds is 4. The number of nitrogens with zero attached hydrogens (tertiary/aromatic N) is 2. The number of hydrogen-bond acceptors (Lipinski definition) is 4. The fraction of sp³-hybridized carbons (Fsp3) is 0.200. The lowest BCUT2D eigenvalue weighted by atomic mass is 10.2. The van der Waals surface area contributed by atoms with Gasteiger partial charge in [-0.25, -0.2) is 8.42 Å². The molecule has 4 rings (SSSR count). The Labute approximate surface area is 157 Å². The Morgan fingerprint density at radius 1 is 1.00 bits per heavy atom. The van der Waals surface area contributed by atoms with E-state index in [2.05, 4.69) is 10.3 Å². The highest BCUT2D eigenvalue weighted by Crippen LogP contribution is 2.22. The Hall–Kier alpha value is -2.77. The molecule has 3 aromatic rings. The molecule has 1 amide bonds. The van der Waals surface area contributed by atoms with Crippen molar-refractivity contribution in [3.05, 3.63) is 66.4 Å². The van der Waals surface area contributed by atoms with Crippen LogP contribution in [-0.4, -0.2) is 36.7 Å². The predicted octanol–water partition coefficient (Wildman–Crippen LogP) is 3.27. The molecule has 1 aliphatic rings. The Bertz CT molecular complexity index is 1110. The Kier molecular flexibility index (Phi) is 4.63. The second-order valence-electron chi connectivity index (χ2n) is 6.51. The Morgan fingerprint density at radius 3 is 2.59 bits per heavy atom. The van der Waals surface area contributed by atoms with Crippen molar-refractivity contribution >= 4 is 32.5 Å². The number of aromatic nitrogens is 1. The zero-order valence-electron chi connectivity index (χ0n) is 14.6. The first-order chi connectivity index (χ1) is 13.0. The number of carbonyl (C=O) groups is 1. The number of fused-ring (bicyclic) bond motifs is 1. The van der Waals surface area contributed by atoms with Gasteiger partial charge in [0.1, 0.15) is 0 Å². The van der Waals surface area contributed by atoms with E-state index in [9.17, 15) is 13.2 Å². The maximum absolute atomic E-state index is 12.7. The molecular formula is C20H19N3O3S. The average Bonchev–Trinajstić information content (AvgIpc) is 3.24. The van der Waals surface area contributed by atoms with Crippen molar-refractivity contribution in [2.75, 3.05) is 18.4 Å². The summed E-state index contributed by atoms with van der Waals surface area (Å²) in [7, 11) is -3.56. The van der Waals surface area contributed by atoms with E-state index in [-0.39, 0.29) is 10.8 Å². The second-order valence-corrected chi connectivity index (χ2v) is 8.45. The van der Waals surface area contributed by atoms with Crippen molar-refractivity contribution in [2.24, 2.45) is 0 Å². The van der Waals surface area contributed by atoms with Crippen molar-refractivity contribution in [2.45, 2.75) is 17.7 Å². The van der Waals surface area contributed by atoms with E-state index in [0.717, 1.165) is 23.7 Å². The lowest BCUT2D eigenvalue weighted by molar-refractivity contribution is 0.102. The summed E-state index contributed by atoms with van der Waals surface area (Å²) in [6.45, 7) is 1.06. The SMILES string of the molecule is O=C(Nc1cnc2ccccc2c1)c1cccc(S(=O)(=O)N2CCCC2)c1. The van der Waals surface area contributed by atoms with Crippen LogP contribution in [0, 0.1) is 0 Å². The number of amides is 1. The first-order valence-electron chi connectivity index (χ1n) is 8.80. The molecule has 0 aliphatic carbocycles. The van der Waals surface area contributed by atoms with Crippen LogP contribution in [0.3, 0.4) is 0 Å². The highest BCUT2D eigenvalue weighted by molar-refractivity contribution is 7.89. The van der Waals surface area contributed by atoms with Crippen LogP contribution in [0.5, 0.6) is 0 Å². The minimum Gasteiger partial charge on any atom is -0.321 e. The van der Waals surface area contributed by atoms with E-state index in [1.54, 1.807) is 18.3 Å². The van der Waals surface area contributed by atoms with Crippen LogP contribution < -0.4 is 5.32 Å². The summed E-state index contributed by atoms with van der Waals surface area (Å²) in [5.41, 5.74) is 1.70. The molecule has 1 aliphatic heterocycles. The molecule has 6 nitrogen and oxygen atoms in total. The monoisotopic (exact) mass is 381 g/mol. The van der Waals surface area contributed by atoms with E-state index in [1.807, 2.05) is 30.3 Å². The minimum absolute atomic E-state index is 0.147. The van der Waals surface area contributed by atoms with Gasteiger partial charge in [-0.15, -0.1) is 0 Å². The third-order valence-electron chi connectivity index (χ3n) is 4.65. The smallest absolute Gasteiger partial charge is 0.255 e. The zero-order chi connectivity index (χ0) is 18.9. The van der Waals surface area contributed by atoms with Gasteiger partial charge in [0.25, 0.3) is 5.91 Å². The number of anilines is 1. The van der Waals surface area contributed by atoms with Crippen LogP contribution in [0.25, 0.3) is 10.9 Å². The van der Waals surface area contributed by atoms with Crippen molar-refractivity contribution in [3.63, 3.8) is 0 Å². The second kappa shape index (κ2) is 7.09. The number of para-hydroxylation sites is 1. The number of carbonyl (C=O) groups excluding carboxylic acids is 1. The van der Waals surface area contributed by atoms with Gasteiger partial charge in [0.2, 0.25) is 10.0 Å². The standard InChI is InChI=1S/C20H19N3O3S/c24-20(22-17-12-15-6-1-2-9-19(15)21-14-17)16-7-5-8-18(13-16)27(25,26)23-10-3-4-11-23/h1-2,5-9,12-14H,3-4,10-11H2,(H,22,24). The number of hydrogen-bond donors (Lipinski definition) is 1. The summed E-state index contributed by atoms with van der Waals surface area (Å²) < 4.78 is 26.9. The molecular weight excluding hydrogens is 362 g/mol. The van der Waals surface area contributed by atoms with Gasteiger partial charge in [0, 0.05) is 24.0 Å². The van der Waals surface area contributed by atoms with Gasteiger partial charge in [-0.3, -0.25) is 9.78 Å². The van der Waals surface area contributed by atoms with E-state index >= 15 is 0 Å². The first kappa shape index (κ1) is 17.6.